The lowest BCUT2D eigenvalue weighted by atomic mass is 10.2. The third-order valence-electron chi connectivity index (χ3n) is 5.18. The van der Waals surface area contributed by atoms with Crippen LogP contribution < -0.4 is 4.74 Å². The summed E-state index contributed by atoms with van der Waals surface area (Å²) >= 11 is 0. The molecule has 1 fully saturated rings. The van der Waals surface area contributed by atoms with Gasteiger partial charge in [-0.1, -0.05) is 42.8 Å². The standard InChI is InChI=1S/C23H28N2O4S/c1-24(18-20-9-5-3-6-10-20)23(26)14-12-19-11-13-21(29-2)22(17-19)30(27,28)25-15-7-4-8-16-25/h3,5-6,9-14,17H,4,7-8,15-16,18H2,1-2H3/b14-12+. The van der Waals surface area contributed by atoms with Crippen LogP contribution in [-0.4, -0.2) is 50.8 Å². The molecule has 1 aliphatic rings. The van der Waals surface area contributed by atoms with Gasteiger partial charge in [0.1, 0.15) is 10.6 Å². The topological polar surface area (TPSA) is 66.9 Å². The second-order valence-corrected chi connectivity index (χ2v) is 9.29. The Bertz CT molecular complexity index is 997. The molecule has 30 heavy (non-hydrogen) atoms. The second kappa shape index (κ2) is 9.91. The first-order valence-corrected chi connectivity index (χ1v) is 11.5. The van der Waals surface area contributed by atoms with E-state index in [1.54, 1.807) is 36.2 Å². The van der Waals surface area contributed by atoms with Crippen molar-refractivity contribution in [2.75, 3.05) is 27.2 Å². The summed E-state index contributed by atoms with van der Waals surface area (Å²) < 4.78 is 33.0. The molecule has 0 saturated carbocycles. The third kappa shape index (κ3) is 5.29. The molecule has 0 bridgehead atoms. The fourth-order valence-electron chi connectivity index (χ4n) is 3.47. The van der Waals surface area contributed by atoms with E-state index in [1.807, 2.05) is 30.3 Å². The predicted molar refractivity (Wildman–Crippen MR) is 118 cm³/mol. The van der Waals surface area contributed by atoms with Gasteiger partial charge < -0.3 is 9.64 Å². The summed E-state index contributed by atoms with van der Waals surface area (Å²) in [5, 5.41) is 0. The first-order valence-electron chi connectivity index (χ1n) is 10.1. The van der Waals surface area contributed by atoms with Crippen LogP contribution in [0.1, 0.15) is 30.4 Å². The van der Waals surface area contributed by atoms with E-state index in [2.05, 4.69) is 0 Å². The number of sulfonamides is 1. The van der Waals surface area contributed by atoms with Crippen LogP contribution in [0.25, 0.3) is 6.08 Å². The quantitative estimate of drug-likeness (QED) is 0.633. The summed E-state index contributed by atoms with van der Waals surface area (Å²) in [6.07, 6.45) is 5.87. The highest BCUT2D eigenvalue weighted by Gasteiger charge is 2.29. The van der Waals surface area contributed by atoms with Crippen molar-refractivity contribution < 1.29 is 17.9 Å². The molecule has 0 unspecified atom stereocenters. The predicted octanol–water partition coefficient (Wildman–Crippen LogP) is 3.54. The highest BCUT2D eigenvalue weighted by atomic mass is 32.2. The van der Waals surface area contributed by atoms with Crippen LogP contribution in [0.4, 0.5) is 0 Å². The Balaban J connectivity index is 1.78. The molecular weight excluding hydrogens is 400 g/mol. The van der Waals surface area contributed by atoms with Gasteiger partial charge in [0.2, 0.25) is 15.9 Å². The number of rotatable bonds is 7. The average Bonchev–Trinajstić information content (AvgIpc) is 2.78. The number of nitrogens with zero attached hydrogens (tertiary/aromatic N) is 2. The Morgan fingerprint density at radius 3 is 2.47 bits per heavy atom. The SMILES string of the molecule is COc1ccc(/C=C/C(=O)N(C)Cc2ccccc2)cc1S(=O)(=O)N1CCCCC1. The number of hydrogen-bond donors (Lipinski definition) is 0. The van der Waals surface area contributed by atoms with E-state index in [1.165, 1.54) is 17.5 Å². The van der Waals surface area contributed by atoms with Gasteiger partial charge in [-0.2, -0.15) is 4.31 Å². The fourth-order valence-corrected chi connectivity index (χ4v) is 5.18. The molecule has 6 nitrogen and oxygen atoms in total. The van der Waals surface area contributed by atoms with Crippen LogP contribution in [-0.2, 0) is 21.4 Å². The Morgan fingerprint density at radius 2 is 1.80 bits per heavy atom. The van der Waals surface area contributed by atoms with Gasteiger partial charge in [0, 0.05) is 32.8 Å². The molecule has 0 N–H and O–H groups in total. The number of amides is 1. The normalized spacial score (nSPS) is 15.3. The fraction of sp³-hybridized carbons (Fsp3) is 0.348. The Morgan fingerprint density at radius 1 is 1.10 bits per heavy atom. The van der Waals surface area contributed by atoms with Crippen molar-refractivity contribution in [3.63, 3.8) is 0 Å². The summed E-state index contributed by atoms with van der Waals surface area (Å²) in [5.41, 5.74) is 1.67. The van der Waals surface area contributed by atoms with Crippen LogP contribution in [0.15, 0.2) is 59.5 Å². The molecule has 3 rings (SSSR count). The molecule has 1 amide bonds. The molecule has 1 saturated heterocycles. The molecule has 160 valence electrons. The van der Waals surface area contributed by atoms with Gasteiger partial charge in [-0.05, 0) is 42.2 Å². The van der Waals surface area contributed by atoms with E-state index in [4.69, 9.17) is 4.74 Å². The lowest BCUT2D eigenvalue weighted by molar-refractivity contribution is -0.125. The van der Waals surface area contributed by atoms with Crippen molar-refractivity contribution in [3.05, 3.63) is 65.7 Å². The molecule has 0 radical (unpaired) electrons. The van der Waals surface area contributed by atoms with Gasteiger partial charge >= 0.3 is 0 Å². The van der Waals surface area contributed by atoms with Crippen molar-refractivity contribution in [3.8, 4) is 5.75 Å². The highest BCUT2D eigenvalue weighted by Crippen LogP contribution is 2.30. The molecule has 2 aromatic carbocycles. The minimum absolute atomic E-state index is 0.138. The minimum atomic E-state index is -3.64. The molecule has 0 aliphatic carbocycles. The van der Waals surface area contributed by atoms with Crippen molar-refractivity contribution in [2.24, 2.45) is 0 Å². The lowest BCUT2D eigenvalue weighted by Gasteiger charge is -2.26. The number of piperidine rings is 1. The van der Waals surface area contributed by atoms with Gasteiger partial charge in [-0.25, -0.2) is 8.42 Å². The summed E-state index contributed by atoms with van der Waals surface area (Å²) in [7, 11) is -0.447. The first kappa shape index (κ1) is 22.1. The summed E-state index contributed by atoms with van der Waals surface area (Å²) in [5.74, 6) is 0.153. The van der Waals surface area contributed by atoms with Gasteiger partial charge in [0.15, 0.2) is 0 Å². The number of methoxy groups -OCH3 is 1. The number of carbonyl (C=O) groups excluding carboxylic acids is 1. The number of carbonyl (C=O) groups is 1. The zero-order valence-corrected chi connectivity index (χ0v) is 18.3. The molecule has 7 heteroatoms. The van der Waals surface area contributed by atoms with E-state index >= 15 is 0 Å². The summed E-state index contributed by atoms with van der Waals surface area (Å²) in [6.45, 7) is 1.55. The highest BCUT2D eigenvalue weighted by molar-refractivity contribution is 7.89. The Kier molecular flexibility index (Phi) is 7.29. The maximum atomic E-state index is 13.1. The zero-order valence-electron chi connectivity index (χ0n) is 17.5. The smallest absolute Gasteiger partial charge is 0.246 e. The monoisotopic (exact) mass is 428 g/mol. The van der Waals surface area contributed by atoms with Crippen LogP contribution in [0.5, 0.6) is 5.75 Å². The molecule has 0 spiro atoms. The van der Waals surface area contributed by atoms with Crippen LogP contribution >= 0.6 is 0 Å². The van der Waals surface area contributed by atoms with Gasteiger partial charge in [0.25, 0.3) is 0 Å². The number of likely N-dealkylation sites (N-methyl/N-ethyl adjacent to an activating group) is 1. The van der Waals surface area contributed by atoms with E-state index in [0.717, 1.165) is 24.8 Å². The Labute approximate surface area is 178 Å². The Hall–Kier alpha value is -2.64. The molecule has 1 aliphatic heterocycles. The number of ether oxygens (including phenoxy) is 1. The number of hydrogen-bond acceptors (Lipinski definition) is 4. The van der Waals surface area contributed by atoms with Crippen LogP contribution in [0.3, 0.4) is 0 Å². The van der Waals surface area contributed by atoms with Crippen molar-refractivity contribution >= 4 is 22.0 Å². The van der Waals surface area contributed by atoms with E-state index < -0.39 is 10.0 Å². The summed E-state index contributed by atoms with van der Waals surface area (Å²) in [6, 6.07) is 14.7. The zero-order chi connectivity index (χ0) is 21.6. The van der Waals surface area contributed by atoms with Crippen LogP contribution in [0, 0.1) is 0 Å². The largest absolute Gasteiger partial charge is 0.495 e. The number of benzene rings is 2. The van der Waals surface area contributed by atoms with Gasteiger partial charge in [-0.15, -0.1) is 0 Å². The van der Waals surface area contributed by atoms with Crippen molar-refractivity contribution in [1.82, 2.24) is 9.21 Å². The molecule has 0 aromatic heterocycles. The van der Waals surface area contributed by atoms with Crippen molar-refractivity contribution in [1.29, 1.82) is 0 Å². The van der Waals surface area contributed by atoms with Crippen molar-refractivity contribution in [2.45, 2.75) is 30.7 Å². The van der Waals surface area contributed by atoms with E-state index in [-0.39, 0.29) is 10.8 Å². The average molecular weight is 429 g/mol. The second-order valence-electron chi connectivity index (χ2n) is 7.39. The molecular formula is C23H28N2O4S. The van der Waals surface area contributed by atoms with E-state index in [9.17, 15) is 13.2 Å². The summed E-state index contributed by atoms with van der Waals surface area (Å²) in [4.78, 5) is 14.2. The lowest BCUT2D eigenvalue weighted by Crippen LogP contribution is -2.35. The van der Waals surface area contributed by atoms with Crippen LogP contribution in [0.2, 0.25) is 0 Å². The van der Waals surface area contributed by atoms with Gasteiger partial charge in [0.05, 0.1) is 7.11 Å². The van der Waals surface area contributed by atoms with Gasteiger partial charge in [-0.3, -0.25) is 4.79 Å². The maximum absolute atomic E-state index is 13.1. The maximum Gasteiger partial charge on any atom is 0.246 e. The third-order valence-corrected chi connectivity index (χ3v) is 7.10. The molecule has 1 heterocycles. The first-order chi connectivity index (χ1) is 14.4. The molecule has 0 atom stereocenters. The molecule has 2 aromatic rings. The van der Waals surface area contributed by atoms with E-state index in [0.29, 0.717) is 30.9 Å². The minimum Gasteiger partial charge on any atom is -0.495 e.